The van der Waals surface area contributed by atoms with E-state index < -0.39 is 5.91 Å². The zero-order valence-electron chi connectivity index (χ0n) is 10.8. The molecule has 2 amide bonds. The number of primary amides is 1. The van der Waals surface area contributed by atoms with E-state index in [-0.39, 0.29) is 12.5 Å². The summed E-state index contributed by atoms with van der Waals surface area (Å²) in [6.45, 7) is -0.0903. The molecule has 2 N–H and O–H groups in total. The molecule has 0 unspecified atom stereocenters. The largest absolute Gasteiger partial charge is 0.368 e. The van der Waals surface area contributed by atoms with Crippen molar-refractivity contribution in [3.63, 3.8) is 0 Å². The zero-order chi connectivity index (χ0) is 14.7. The summed E-state index contributed by atoms with van der Waals surface area (Å²) in [4.78, 5) is 25.8. The molecule has 0 saturated carbocycles. The number of benzene rings is 1. The molecular formula is C14H13ClN2O2S. The second kappa shape index (κ2) is 6.07. The highest BCUT2D eigenvalue weighted by molar-refractivity contribution is 7.17. The average Bonchev–Trinajstić information content (AvgIpc) is 2.87. The van der Waals surface area contributed by atoms with Gasteiger partial charge in [0, 0.05) is 16.9 Å². The normalized spacial score (nSPS) is 10.3. The van der Waals surface area contributed by atoms with E-state index in [1.165, 1.54) is 16.2 Å². The number of amides is 2. The first kappa shape index (κ1) is 14.6. The SMILES string of the molecule is CN(CC(N)=O)C(=O)c1ccc(-c2ccc(Cl)cc2)s1. The number of hydrogen-bond acceptors (Lipinski definition) is 3. The molecule has 1 aromatic heterocycles. The smallest absolute Gasteiger partial charge is 0.264 e. The van der Waals surface area contributed by atoms with Gasteiger partial charge in [-0.05, 0) is 29.8 Å². The second-order valence-electron chi connectivity index (χ2n) is 4.30. The van der Waals surface area contributed by atoms with Crippen molar-refractivity contribution in [2.45, 2.75) is 0 Å². The number of likely N-dealkylation sites (N-methyl/N-ethyl adjacent to an activating group) is 1. The third kappa shape index (κ3) is 3.37. The number of nitrogens with two attached hydrogens (primary N) is 1. The van der Waals surface area contributed by atoms with Crippen molar-refractivity contribution in [2.75, 3.05) is 13.6 Å². The number of halogens is 1. The number of rotatable bonds is 4. The van der Waals surface area contributed by atoms with Crippen LogP contribution in [0, 0.1) is 0 Å². The second-order valence-corrected chi connectivity index (χ2v) is 5.82. The van der Waals surface area contributed by atoms with E-state index >= 15 is 0 Å². The van der Waals surface area contributed by atoms with E-state index in [1.807, 2.05) is 18.2 Å². The topological polar surface area (TPSA) is 63.4 Å². The Morgan fingerprint density at radius 1 is 1.20 bits per heavy atom. The number of thiophene rings is 1. The van der Waals surface area contributed by atoms with Crippen LogP contribution in [-0.4, -0.2) is 30.3 Å². The minimum absolute atomic E-state index is 0.0903. The zero-order valence-corrected chi connectivity index (χ0v) is 12.4. The standard InChI is InChI=1S/C14H13ClN2O2S/c1-17(8-13(16)18)14(19)12-7-6-11(20-12)9-2-4-10(15)5-3-9/h2-7H,8H2,1H3,(H2,16,18). The number of nitrogens with zero attached hydrogens (tertiary/aromatic N) is 1. The van der Waals surface area contributed by atoms with Crippen LogP contribution in [0.4, 0.5) is 0 Å². The predicted molar refractivity (Wildman–Crippen MR) is 80.9 cm³/mol. The summed E-state index contributed by atoms with van der Waals surface area (Å²) in [5.41, 5.74) is 6.07. The van der Waals surface area contributed by atoms with E-state index in [4.69, 9.17) is 17.3 Å². The Kier molecular flexibility index (Phi) is 4.42. The summed E-state index contributed by atoms with van der Waals surface area (Å²) in [5.74, 6) is -0.746. The highest BCUT2D eigenvalue weighted by Crippen LogP contribution is 2.29. The first-order valence-corrected chi connectivity index (χ1v) is 7.06. The molecule has 0 aliphatic heterocycles. The lowest BCUT2D eigenvalue weighted by Crippen LogP contribution is -2.34. The Morgan fingerprint density at radius 2 is 1.85 bits per heavy atom. The first-order valence-electron chi connectivity index (χ1n) is 5.87. The number of hydrogen-bond donors (Lipinski definition) is 1. The highest BCUT2D eigenvalue weighted by atomic mass is 35.5. The molecule has 1 aromatic carbocycles. The minimum Gasteiger partial charge on any atom is -0.368 e. The van der Waals surface area contributed by atoms with Crippen LogP contribution in [0.3, 0.4) is 0 Å². The van der Waals surface area contributed by atoms with E-state index in [0.29, 0.717) is 9.90 Å². The van der Waals surface area contributed by atoms with Gasteiger partial charge < -0.3 is 10.6 Å². The molecule has 2 rings (SSSR count). The minimum atomic E-state index is -0.532. The molecule has 0 aliphatic carbocycles. The van der Waals surface area contributed by atoms with Crippen molar-refractivity contribution in [2.24, 2.45) is 5.73 Å². The van der Waals surface area contributed by atoms with Gasteiger partial charge in [-0.2, -0.15) is 0 Å². The molecule has 0 saturated heterocycles. The highest BCUT2D eigenvalue weighted by Gasteiger charge is 2.16. The van der Waals surface area contributed by atoms with Gasteiger partial charge in [-0.15, -0.1) is 11.3 Å². The summed E-state index contributed by atoms with van der Waals surface area (Å²) in [7, 11) is 1.55. The van der Waals surface area contributed by atoms with Crippen LogP contribution in [0.2, 0.25) is 5.02 Å². The van der Waals surface area contributed by atoms with Gasteiger partial charge in [0.25, 0.3) is 5.91 Å². The Balaban J connectivity index is 2.18. The van der Waals surface area contributed by atoms with Crippen molar-refractivity contribution < 1.29 is 9.59 Å². The van der Waals surface area contributed by atoms with Gasteiger partial charge in [0.1, 0.15) is 0 Å². The van der Waals surface area contributed by atoms with Gasteiger partial charge in [-0.3, -0.25) is 9.59 Å². The van der Waals surface area contributed by atoms with Gasteiger partial charge in [0.15, 0.2) is 0 Å². The number of carbonyl (C=O) groups is 2. The van der Waals surface area contributed by atoms with Crippen molar-refractivity contribution in [3.05, 3.63) is 46.3 Å². The van der Waals surface area contributed by atoms with Gasteiger partial charge in [0.2, 0.25) is 5.91 Å². The number of carbonyl (C=O) groups excluding carboxylic acids is 2. The Hall–Kier alpha value is -1.85. The van der Waals surface area contributed by atoms with Crippen molar-refractivity contribution in [3.8, 4) is 10.4 Å². The average molecular weight is 309 g/mol. The van der Waals surface area contributed by atoms with Gasteiger partial charge in [-0.25, -0.2) is 0 Å². The maximum Gasteiger partial charge on any atom is 0.264 e. The Bertz CT molecular complexity index is 637. The molecule has 0 fully saturated rings. The third-order valence-electron chi connectivity index (χ3n) is 2.69. The lowest BCUT2D eigenvalue weighted by atomic mass is 10.2. The molecule has 0 atom stereocenters. The van der Waals surface area contributed by atoms with E-state index in [0.717, 1.165) is 10.4 Å². The summed E-state index contributed by atoms with van der Waals surface area (Å²) in [5, 5.41) is 0.669. The van der Waals surface area contributed by atoms with Gasteiger partial charge in [0.05, 0.1) is 11.4 Å². The Morgan fingerprint density at radius 3 is 2.45 bits per heavy atom. The molecule has 0 bridgehead atoms. The van der Waals surface area contributed by atoms with Crippen LogP contribution in [0.15, 0.2) is 36.4 Å². The van der Waals surface area contributed by atoms with Gasteiger partial charge >= 0.3 is 0 Å². The molecule has 1 heterocycles. The molecule has 20 heavy (non-hydrogen) atoms. The monoisotopic (exact) mass is 308 g/mol. The molecule has 6 heteroatoms. The van der Waals surface area contributed by atoms with Crippen LogP contribution in [0.1, 0.15) is 9.67 Å². The van der Waals surface area contributed by atoms with E-state index in [2.05, 4.69) is 0 Å². The van der Waals surface area contributed by atoms with E-state index in [1.54, 1.807) is 25.2 Å². The van der Waals surface area contributed by atoms with Crippen molar-refractivity contribution in [1.29, 1.82) is 0 Å². The quantitative estimate of drug-likeness (QED) is 0.943. The summed E-state index contributed by atoms with van der Waals surface area (Å²) < 4.78 is 0. The molecule has 2 aromatic rings. The van der Waals surface area contributed by atoms with Gasteiger partial charge in [-0.1, -0.05) is 23.7 Å². The van der Waals surface area contributed by atoms with Crippen molar-refractivity contribution in [1.82, 2.24) is 4.90 Å². The molecule has 0 radical (unpaired) electrons. The molecule has 0 spiro atoms. The van der Waals surface area contributed by atoms with Crippen molar-refractivity contribution >= 4 is 34.8 Å². The van der Waals surface area contributed by atoms with Crippen LogP contribution >= 0.6 is 22.9 Å². The predicted octanol–water partition coefficient (Wildman–Crippen LogP) is 2.63. The molecular weight excluding hydrogens is 296 g/mol. The third-order valence-corrected chi connectivity index (χ3v) is 4.06. The molecule has 4 nitrogen and oxygen atoms in total. The van der Waals surface area contributed by atoms with Crippen LogP contribution in [0.5, 0.6) is 0 Å². The summed E-state index contributed by atoms with van der Waals surface area (Å²) in [6, 6.07) is 11.0. The maximum absolute atomic E-state index is 12.1. The summed E-state index contributed by atoms with van der Waals surface area (Å²) >= 11 is 7.21. The Labute approximate surface area is 125 Å². The van der Waals surface area contributed by atoms with E-state index in [9.17, 15) is 9.59 Å². The molecule has 104 valence electrons. The fraction of sp³-hybridized carbons (Fsp3) is 0.143. The van der Waals surface area contributed by atoms with Crippen LogP contribution in [-0.2, 0) is 4.79 Å². The fourth-order valence-electron chi connectivity index (χ4n) is 1.72. The lowest BCUT2D eigenvalue weighted by Gasteiger charge is -2.13. The van der Waals surface area contributed by atoms with Crippen LogP contribution in [0.25, 0.3) is 10.4 Å². The summed E-state index contributed by atoms with van der Waals surface area (Å²) in [6.07, 6.45) is 0. The fourth-order valence-corrected chi connectivity index (χ4v) is 2.85. The lowest BCUT2D eigenvalue weighted by molar-refractivity contribution is -0.118. The van der Waals surface area contributed by atoms with Crippen LogP contribution < -0.4 is 5.73 Å². The maximum atomic E-state index is 12.1. The first-order chi connectivity index (χ1) is 9.47. The molecule has 0 aliphatic rings.